The molecule has 0 bridgehead atoms. The first-order chi connectivity index (χ1) is 25.9. The Morgan fingerprint density at radius 1 is 0.673 bits per heavy atom. The van der Waals surface area contributed by atoms with E-state index < -0.39 is 8.07 Å². The molecule has 0 amide bonds. The van der Waals surface area contributed by atoms with Gasteiger partial charge in [0.2, 0.25) is 0 Å². The predicted molar refractivity (Wildman–Crippen MR) is 230 cm³/mol. The molecule has 8 rings (SSSR count). The molecule has 3 aromatic heterocycles. The summed E-state index contributed by atoms with van der Waals surface area (Å²) in [5.41, 5.74) is 12.2. The number of aromatic nitrogens is 2. The second-order valence-electron chi connectivity index (χ2n) is 16.4. The molecular formula is C50H48IrN2OSi-2. The summed E-state index contributed by atoms with van der Waals surface area (Å²) in [6, 6.07) is 52.7. The molecule has 3 heterocycles. The number of hydrogen-bond donors (Lipinski definition) is 0. The second-order valence-corrected chi connectivity index (χ2v) is 21.4. The zero-order chi connectivity index (χ0) is 37.9. The van der Waals surface area contributed by atoms with Crippen molar-refractivity contribution < 1.29 is 24.5 Å². The van der Waals surface area contributed by atoms with Crippen LogP contribution in [0.25, 0.3) is 55.6 Å². The largest absolute Gasteiger partial charge is 0.501 e. The van der Waals surface area contributed by atoms with Crippen LogP contribution in [0.3, 0.4) is 0 Å². The van der Waals surface area contributed by atoms with E-state index in [9.17, 15) is 0 Å². The maximum absolute atomic E-state index is 6.34. The molecular weight excluding hydrogens is 865 g/mol. The quantitative estimate of drug-likeness (QED) is 0.118. The molecule has 3 nitrogen and oxygen atoms in total. The Morgan fingerprint density at radius 2 is 1.40 bits per heavy atom. The van der Waals surface area contributed by atoms with E-state index in [4.69, 9.17) is 9.40 Å². The van der Waals surface area contributed by atoms with Crippen LogP contribution in [-0.4, -0.2) is 18.0 Å². The molecule has 8 aromatic rings. The van der Waals surface area contributed by atoms with E-state index in [1.165, 1.54) is 33.0 Å². The summed E-state index contributed by atoms with van der Waals surface area (Å²) >= 11 is 0. The molecule has 55 heavy (non-hydrogen) atoms. The van der Waals surface area contributed by atoms with Crippen LogP contribution in [0.4, 0.5) is 0 Å². The fourth-order valence-corrected chi connectivity index (χ4v) is 8.69. The van der Waals surface area contributed by atoms with Gasteiger partial charge >= 0.3 is 0 Å². The smallest absolute Gasteiger partial charge is 0.120 e. The normalized spacial score (nSPS) is 12.1. The van der Waals surface area contributed by atoms with Gasteiger partial charge in [-0.1, -0.05) is 143 Å². The summed E-state index contributed by atoms with van der Waals surface area (Å²) in [5, 5.41) is 3.67. The van der Waals surface area contributed by atoms with E-state index in [-0.39, 0.29) is 31.4 Å². The van der Waals surface area contributed by atoms with Gasteiger partial charge in [0.15, 0.2) is 0 Å². The number of nitrogens with zero attached hydrogens (tertiary/aromatic N) is 2. The number of benzene rings is 5. The molecule has 0 aliphatic rings. The summed E-state index contributed by atoms with van der Waals surface area (Å²) in [7, 11) is -1.37. The summed E-state index contributed by atoms with van der Waals surface area (Å²) in [6.45, 7) is 16.3. The first-order valence-corrected chi connectivity index (χ1v) is 22.3. The van der Waals surface area contributed by atoms with Gasteiger partial charge < -0.3 is 14.4 Å². The summed E-state index contributed by atoms with van der Waals surface area (Å²) in [5.74, 6) is 0.274. The standard InChI is InChI=1S/C31H22NO.C19H26NSi.Ir/c1-21(22-9-4-2-5-10-22)24-17-18-32-29(20-24)27-14-8-13-26-28-19-25(23-11-6-3-7-12-23)15-16-30(28)33-31(26)27;1-19(2,3)13-16-12-17(15-10-8-7-9-11-15)20-14-18(16)21(4,5)6;/h2-13,15-21H,1H3;7-10,12,14H,13H2,1-6H3;/q2*-1;. The molecule has 0 saturated carbocycles. The summed E-state index contributed by atoms with van der Waals surface area (Å²) < 4.78 is 6.34. The van der Waals surface area contributed by atoms with Crippen molar-refractivity contribution in [1.29, 1.82) is 0 Å². The molecule has 1 radical (unpaired) electrons. The Balaban J connectivity index is 0.000000204. The number of pyridine rings is 2. The molecule has 0 saturated heterocycles. The van der Waals surface area contributed by atoms with Crippen molar-refractivity contribution in [2.24, 2.45) is 5.41 Å². The van der Waals surface area contributed by atoms with E-state index in [0.29, 0.717) is 0 Å². The number of rotatable bonds is 7. The number of fused-ring (bicyclic) bond motifs is 3. The van der Waals surface area contributed by atoms with Crippen molar-refractivity contribution in [2.45, 2.75) is 59.7 Å². The molecule has 0 N–H and O–H groups in total. The Labute approximate surface area is 341 Å². The Hall–Kier alpha value is -4.93. The van der Waals surface area contributed by atoms with Crippen molar-refractivity contribution in [3.8, 4) is 33.6 Å². The van der Waals surface area contributed by atoms with Crippen molar-refractivity contribution in [3.63, 3.8) is 0 Å². The fourth-order valence-electron chi connectivity index (χ4n) is 7.12. The van der Waals surface area contributed by atoms with Gasteiger partial charge in [-0.2, -0.15) is 0 Å². The van der Waals surface area contributed by atoms with Crippen molar-refractivity contribution in [1.82, 2.24) is 9.97 Å². The molecule has 0 fully saturated rings. The van der Waals surface area contributed by atoms with Crippen LogP contribution in [0, 0.1) is 17.5 Å². The molecule has 1 unspecified atom stereocenters. The van der Waals surface area contributed by atoms with Crippen LogP contribution in [0.5, 0.6) is 0 Å². The second kappa shape index (κ2) is 16.8. The van der Waals surface area contributed by atoms with Crippen LogP contribution < -0.4 is 5.19 Å². The van der Waals surface area contributed by atoms with Crippen LogP contribution in [0.1, 0.15) is 50.3 Å². The first-order valence-electron chi connectivity index (χ1n) is 18.8. The molecule has 279 valence electrons. The Kier molecular flexibility index (Phi) is 12.2. The van der Waals surface area contributed by atoms with E-state index in [2.05, 4.69) is 174 Å². The molecule has 0 spiro atoms. The fraction of sp³-hybridized carbons (Fsp3) is 0.200. The van der Waals surface area contributed by atoms with Gasteiger partial charge in [-0.15, -0.1) is 54.1 Å². The van der Waals surface area contributed by atoms with Crippen LogP contribution >= 0.6 is 0 Å². The van der Waals surface area contributed by atoms with Gasteiger partial charge in [-0.05, 0) is 68.9 Å². The Bertz CT molecular complexity index is 2500. The molecule has 0 aliphatic carbocycles. The first kappa shape index (κ1) is 39.8. The van der Waals surface area contributed by atoms with Crippen LogP contribution in [-0.2, 0) is 26.5 Å². The Morgan fingerprint density at radius 3 is 2.09 bits per heavy atom. The molecule has 5 aromatic carbocycles. The minimum Gasteiger partial charge on any atom is -0.501 e. The number of hydrogen-bond acceptors (Lipinski definition) is 3. The maximum Gasteiger partial charge on any atom is 0.120 e. The predicted octanol–water partition coefficient (Wildman–Crippen LogP) is 12.9. The van der Waals surface area contributed by atoms with Crippen LogP contribution in [0.15, 0.2) is 150 Å². The average molecular weight is 913 g/mol. The van der Waals surface area contributed by atoms with Crippen LogP contribution in [0.2, 0.25) is 19.6 Å². The van der Waals surface area contributed by atoms with E-state index >= 15 is 0 Å². The number of furan rings is 1. The SMILES string of the molecule is CC(C)(C)Cc1cc(-c2[c-]cccc2)ncc1[Si](C)(C)C.CC(c1ccccc1)c1ccnc(-c2[c-]ccc3c2oc2ccc(-c4ccccc4)cc23)c1.[Ir]. The van der Waals surface area contributed by atoms with Crippen molar-refractivity contribution in [3.05, 3.63) is 175 Å². The van der Waals surface area contributed by atoms with Gasteiger partial charge in [0.1, 0.15) is 5.58 Å². The molecule has 0 aliphatic heterocycles. The van der Waals surface area contributed by atoms with Gasteiger partial charge in [0.05, 0.1) is 13.7 Å². The third-order valence-electron chi connectivity index (χ3n) is 9.88. The summed E-state index contributed by atoms with van der Waals surface area (Å²) in [4.78, 5) is 9.39. The summed E-state index contributed by atoms with van der Waals surface area (Å²) in [6.07, 6.45) is 5.09. The topological polar surface area (TPSA) is 38.9 Å². The van der Waals surface area contributed by atoms with Gasteiger partial charge in [0.25, 0.3) is 0 Å². The average Bonchev–Trinajstić information content (AvgIpc) is 3.56. The van der Waals surface area contributed by atoms with Gasteiger partial charge in [-0.3, -0.25) is 0 Å². The molecule has 5 heteroatoms. The third kappa shape index (κ3) is 9.31. The van der Waals surface area contributed by atoms with E-state index in [1.807, 2.05) is 36.5 Å². The van der Waals surface area contributed by atoms with Gasteiger partial charge in [0, 0.05) is 43.8 Å². The monoisotopic (exact) mass is 913 g/mol. The minimum atomic E-state index is -1.37. The maximum atomic E-state index is 6.34. The van der Waals surface area contributed by atoms with Crippen molar-refractivity contribution >= 4 is 35.2 Å². The van der Waals surface area contributed by atoms with E-state index in [0.717, 1.165) is 50.9 Å². The van der Waals surface area contributed by atoms with E-state index in [1.54, 1.807) is 0 Å². The van der Waals surface area contributed by atoms with Crippen molar-refractivity contribution in [2.75, 3.05) is 0 Å². The third-order valence-corrected chi connectivity index (χ3v) is 11.9. The zero-order valence-electron chi connectivity index (χ0n) is 32.8. The minimum absolute atomic E-state index is 0. The zero-order valence-corrected chi connectivity index (χ0v) is 36.2. The molecule has 1 atom stereocenters. The van der Waals surface area contributed by atoms with Gasteiger partial charge in [-0.25, -0.2) is 0 Å².